The summed E-state index contributed by atoms with van der Waals surface area (Å²) in [5, 5.41) is 3.01. The first kappa shape index (κ1) is 26.2. The summed E-state index contributed by atoms with van der Waals surface area (Å²) in [6.07, 6.45) is 0. The van der Waals surface area contributed by atoms with Gasteiger partial charge < -0.3 is 28.7 Å². The largest absolute Gasteiger partial charge is 0.493 e. The second-order valence-corrected chi connectivity index (χ2v) is 9.39. The average Bonchev–Trinajstić information content (AvgIpc) is 3.63. The highest BCUT2D eigenvalue weighted by Crippen LogP contribution is 2.33. The topological polar surface area (TPSA) is 82.4 Å². The lowest BCUT2D eigenvalue weighted by molar-refractivity contribution is 0.0907. The van der Waals surface area contributed by atoms with Crippen LogP contribution in [0.2, 0.25) is 0 Å². The molecule has 1 aliphatic heterocycles. The first-order valence-electron chi connectivity index (χ1n) is 12.8. The normalized spacial score (nSPS) is 12.8. The van der Waals surface area contributed by atoms with Crippen molar-refractivity contribution in [3.05, 3.63) is 107 Å². The Morgan fingerprint density at radius 1 is 0.846 bits per heavy atom. The summed E-state index contributed by atoms with van der Waals surface area (Å²) < 4.78 is 27.9. The maximum absolute atomic E-state index is 12.9. The van der Waals surface area contributed by atoms with Gasteiger partial charge in [-0.2, -0.15) is 0 Å². The molecule has 0 saturated carbocycles. The fraction of sp³-hybridized carbons (Fsp3) is 0.258. The van der Waals surface area contributed by atoms with Crippen LogP contribution < -0.4 is 24.3 Å². The molecule has 1 aromatic heterocycles. The third-order valence-electron chi connectivity index (χ3n) is 6.61. The summed E-state index contributed by atoms with van der Waals surface area (Å²) >= 11 is 0. The van der Waals surface area contributed by atoms with Gasteiger partial charge in [-0.1, -0.05) is 42.5 Å². The standard InChI is InChI=1S/C31H32N2O6/c1-21(24-7-5-4-6-8-24)32-31(34)28-14-11-25(39-28)19-33(17-22-9-12-26(35-2)29(15-22)36-3)18-23-10-13-27-30(16-23)38-20-37-27/h4-16,21H,17-20H2,1-3H3,(H,32,34). The number of methoxy groups -OCH3 is 2. The molecule has 1 N–H and O–H groups in total. The maximum atomic E-state index is 12.9. The van der Waals surface area contributed by atoms with Gasteiger partial charge in [0.05, 0.1) is 26.8 Å². The van der Waals surface area contributed by atoms with Crippen LogP contribution in [0.5, 0.6) is 23.0 Å². The fourth-order valence-electron chi connectivity index (χ4n) is 4.60. The molecule has 1 amide bonds. The van der Waals surface area contributed by atoms with Crippen molar-refractivity contribution in [1.29, 1.82) is 0 Å². The molecular formula is C31H32N2O6. The predicted molar refractivity (Wildman–Crippen MR) is 146 cm³/mol. The van der Waals surface area contributed by atoms with Crippen molar-refractivity contribution in [3.8, 4) is 23.0 Å². The van der Waals surface area contributed by atoms with Crippen LogP contribution in [-0.4, -0.2) is 31.8 Å². The Kier molecular flexibility index (Phi) is 8.03. The number of hydrogen-bond donors (Lipinski definition) is 1. The van der Waals surface area contributed by atoms with Crippen LogP contribution in [-0.2, 0) is 19.6 Å². The van der Waals surface area contributed by atoms with Crippen molar-refractivity contribution in [1.82, 2.24) is 10.2 Å². The van der Waals surface area contributed by atoms with Crippen molar-refractivity contribution in [3.63, 3.8) is 0 Å². The molecule has 0 fully saturated rings. The Balaban J connectivity index is 1.32. The summed E-state index contributed by atoms with van der Waals surface area (Å²) in [5.41, 5.74) is 3.15. The molecule has 0 saturated heterocycles. The summed E-state index contributed by atoms with van der Waals surface area (Å²) in [4.78, 5) is 15.1. The van der Waals surface area contributed by atoms with E-state index in [1.807, 2.05) is 79.7 Å². The Hall–Kier alpha value is -4.43. The second-order valence-electron chi connectivity index (χ2n) is 9.39. The van der Waals surface area contributed by atoms with Crippen molar-refractivity contribution in [2.75, 3.05) is 21.0 Å². The van der Waals surface area contributed by atoms with Crippen molar-refractivity contribution in [2.24, 2.45) is 0 Å². The summed E-state index contributed by atoms with van der Waals surface area (Å²) in [6.45, 7) is 3.91. The predicted octanol–water partition coefficient (Wildman–Crippen LogP) is 5.72. The second kappa shape index (κ2) is 12.0. The van der Waals surface area contributed by atoms with Crippen molar-refractivity contribution >= 4 is 5.91 Å². The number of amides is 1. The molecule has 39 heavy (non-hydrogen) atoms. The number of hydrogen-bond acceptors (Lipinski definition) is 7. The van der Waals surface area contributed by atoms with Crippen LogP contribution in [0.4, 0.5) is 0 Å². The minimum atomic E-state index is -0.250. The lowest BCUT2D eigenvalue weighted by atomic mass is 10.1. The number of carbonyl (C=O) groups is 1. The van der Waals surface area contributed by atoms with Crippen LogP contribution in [0, 0.1) is 0 Å². The van der Waals surface area contributed by atoms with Gasteiger partial charge in [0.1, 0.15) is 5.76 Å². The van der Waals surface area contributed by atoms with Gasteiger partial charge in [-0.3, -0.25) is 9.69 Å². The van der Waals surface area contributed by atoms with Gasteiger partial charge in [0.2, 0.25) is 6.79 Å². The van der Waals surface area contributed by atoms with E-state index >= 15 is 0 Å². The lowest BCUT2D eigenvalue weighted by Crippen LogP contribution is -2.26. The van der Waals surface area contributed by atoms with Gasteiger partial charge in [0.25, 0.3) is 5.91 Å². The van der Waals surface area contributed by atoms with Crippen LogP contribution >= 0.6 is 0 Å². The quantitative estimate of drug-likeness (QED) is 0.267. The average molecular weight is 529 g/mol. The van der Waals surface area contributed by atoms with Gasteiger partial charge in [-0.15, -0.1) is 0 Å². The minimum absolute atomic E-state index is 0.139. The third-order valence-corrected chi connectivity index (χ3v) is 6.61. The highest BCUT2D eigenvalue weighted by molar-refractivity contribution is 5.91. The van der Waals surface area contributed by atoms with Gasteiger partial charge in [0, 0.05) is 13.1 Å². The molecule has 0 aliphatic carbocycles. The summed E-state index contributed by atoms with van der Waals surface area (Å²) in [7, 11) is 3.24. The van der Waals surface area contributed by atoms with E-state index in [-0.39, 0.29) is 24.5 Å². The highest BCUT2D eigenvalue weighted by Gasteiger charge is 2.19. The van der Waals surface area contributed by atoms with E-state index in [2.05, 4.69) is 10.2 Å². The van der Waals surface area contributed by atoms with E-state index in [0.29, 0.717) is 36.9 Å². The molecule has 3 aromatic carbocycles. The van der Waals surface area contributed by atoms with Gasteiger partial charge in [0.15, 0.2) is 28.8 Å². The van der Waals surface area contributed by atoms with Crippen LogP contribution in [0.25, 0.3) is 0 Å². The zero-order chi connectivity index (χ0) is 27.2. The van der Waals surface area contributed by atoms with E-state index in [1.165, 1.54) is 0 Å². The first-order chi connectivity index (χ1) is 19.0. The molecule has 5 rings (SSSR count). The van der Waals surface area contributed by atoms with Crippen LogP contribution in [0.1, 0.15) is 46.0 Å². The van der Waals surface area contributed by atoms with Crippen molar-refractivity contribution in [2.45, 2.75) is 32.6 Å². The number of benzene rings is 3. The number of nitrogens with one attached hydrogen (secondary N) is 1. The van der Waals surface area contributed by atoms with E-state index in [9.17, 15) is 4.79 Å². The first-order valence-corrected chi connectivity index (χ1v) is 12.8. The smallest absolute Gasteiger partial charge is 0.287 e. The number of furan rings is 1. The van der Waals surface area contributed by atoms with Gasteiger partial charge in [-0.25, -0.2) is 0 Å². The third kappa shape index (κ3) is 6.35. The molecule has 2 heterocycles. The van der Waals surface area contributed by atoms with Gasteiger partial charge >= 0.3 is 0 Å². The van der Waals surface area contributed by atoms with Crippen LogP contribution in [0.3, 0.4) is 0 Å². The van der Waals surface area contributed by atoms with Gasteiger partial charge in [-0.05, 0) is 60.0 Å². The SMILES string of the molecule is COc1ccc(CN(Cc2ccc3c(c2)OCO3)Cc2ccc(C(=O)NC(C)c3ccccc3)o2)cc1OC. The Morgan fingerprint density at radius 3 is 2.33 bits per heavy atom. The molecule has 0 radical (unpaired) electrons. The maximum Gasteiger partial charge on any atom is 0.287 e. The van der Waals surface area contributed by atoms with E-state index in [1.54, 1.807) is 20.3 Å². The number of carbonyl (C=O) groups excluding carboxylic acids is 1. The Bertz CT molecular complexity index is 1420. The molecule has 8 heteroatoms. The molecule has 1 atom stereocenters. The molecule has 202 valence electrons. The fourth-order valence-corrected chi connectivity index (χ4v) is 4.60. The number of rotatable bonds is 11. The number of nitrogens with zero attached hydrogens (tertiary/aromatic N) is 1. The molecule has 0 spiro atoms. The zero-order valence-corrected chi connectivity index (χ0v) is 22.3. The molecule has 8 nitrogen and oxygen atoms in total. The Morgan fingerprint density at radius 2 is 1.56 bits per heavy atom. The Labute approximate surface area is 228 Å². The zero-order valence-electron chi connectivity index (χ0n) is 22.3. The highest BCUT2D eigenvalue weighted by atomic mass is 16.7. The molecule has 0 bridgehead atoms. The number of ether oxygens (including phenoxy) is 4. The van der Waals surface area contributed by atoms with Crippen LogP contribution in [0.15, 0.2) is 83.3 Å². The monoisotopic (exact) mass is 528 g/mol. The molecule has 1 aliphatic rings. The van der Waals surface area contributed by atoms with Crippen molar-refractivity contribution < 1.29 is 28.2 Å². The van der Waals surface area contributed by atoms with E-state index in [4.69, 9.17) is 23.4 Å². The summed E-state index contributed by atoms with van der Waals surface area (Å²) in [6, 6.07) is 25.1. The molecule has 4 aromatic rings. The molecular weight excluding hydrogens is 496 g/mol. The molecule has 1 unspecified atom stereocenters. The van der Waals surface area contributed by atoms with E-state index in [0.717, 1.165) is 28.2 Å². The minimum Gasteiger partial charge on any atom is -0.493 e. The lowest BCUT2D eigenvalue weighted by Gasteiger charge is -2.22. The number of fused-ring (bicyclic) bond motifs is 1. The van der Waals surface area contributed by atoms with E-state index < -0.39 is 0 Å². The summed E-state index contributed by atoms with van der Waals surface area (Å²) in [5.74, 6) is 3.55.